The predicted octanol–water partition coefficient (Wildman–Crippen LogP) is 3.06. The Kier molecular flexibility index (Phi) is 3.02. The van der Waals surface area contributed by atoms with Crippen molar-refractivity contribution < 1.29 is 4.79 Å². The van der Waals surface area contributed by atoms with Gasteiger partial charge in [0.15, 0.2) is 5.78 Å². The highest BCUT2D eigenvalue weighted by molar-refractivity contribution is 6.08. The summed E-state index contributed by atoms with van der Waals surface area (Å²) in [5.74, 6) is 0.600. The molecule has 0 radical (unpaired) electrons. The smallest absolute Gasteiger partial charge is 0.171 e. The van der Waals surface area contributed by atoms with Crippen LogP contribution >= 0.6 is 0 Å². The van der Waals surface area contributed by atoms with E-state index >= 15 is 0 Å². The third kappa shape index (κ3) is 2.36. The zero-order valence-electron chi connectivity index (χ0n) is 10.3. The van der Waals surface area contributed by atoms with E-state index in [0.717, 1.165) is 16.3 Å². The minimum atomic E-state index is 0.0444. The minimum absolute atomic E-state index is 0.0444. The number of rotatable bonds is 3. The van der Waals surface area contributed by atoms with E-state index in [-0.39, 0.29) is 12.2 Å². The fourth-order valence-electron chi connectivity index (χ4n) is 2.13. The Morgan fingerprint density at radius 3 is 2.47 bits per heavy atom. The van der Waals surface area contributed by atoms with Crippen LogP contribution in [0, 0.1) is 0 Å². The van der Waals surface area contributed by atoms with Crippen LogP contribution in [0.25, 0.3) is 10.8 Å². The lowest BCUT2D eigenvalue weighted by molar-refractivity contribution is 0.0992. The summed E-state index contributed by atoms with van der Waals surface area (Å²) >= 11 is 0. The summed E-state index contributed by atoms with van der Waals surface area (Å²) in [6, 6.07) is 15.4. The highest BCUT2D eigenvalue weighted by atomic mass is 16.1. The van der Waals surface area contributed by atoms with Crippen molar-refractivity contribution in [3.8, 4) is 0 Å². The molecule has 3 heteroatoms. The monoisotopic (exact) mass is 248 g/mol. The standard InChI is InChI=1S/C16H12N2O/c19-15(11-16-17-9-4-10-18-16)14-8-3-6-12-5-1-2-7-13(12)14/h1-10H,11H2. The quantitative estimate of drug-likeness (QED) is 0.669. The Hall–Kier alpha value is -2.55. The normalized spacial score (nSPS) is 10.5. The van der Waals surface area contributed by atoms with E-state index in [1.165, 1.54) is 0 Å². The molecular weight excluding hydrogens is 236 g/mol. The maximum Gasteiger partial charge on any atom is 0.171 e. The minimum Gasteiger partial charge on any atom is -0.294 e. The number of aromatic nitrogens is 2. The SMILES string of the molecule is O=C(Cc1ncccn1)c1cccc2ccccc12. The molecule has 0 aliphatic carbocycles. The van der Waals surface area contributed by atoms with Gasteiger partial charge in [-0.05, 0) is 16.8 Å². The Bertz CT molecular complexity index is 718. The van der Waals surface area contributed by atoms with E-state index in [2.05, 4.69) is 9.97 Å². The molecule has 0 aliphatic rings. The predicted molar refractivity (Wildman–Crippen MR) is 74.0 cm³/mol. The molecule has 3 nitrogen and oxygen atoms in total. The number of nitrogens with zero attached hydrogens (tertiary/aromatic N) is 2. The number of fused-ring (bicyclic) bond motifs is 1. The molecule has 0 amide bonds. The molecule has 3 rings (SSSR count). The molecule has 0 saturated carbocycles. The van der Waals surface area contributed by atoms with Crippen LogP contribution in [0.15, 0.2) is 60.9 Å². The molecule has 0 N–H and O–H groups in total. The topological polar surface area (TPSA) is 42.9 Å². The van der Waals surface area contributed by atoms with E-state index in [4.69, 9.17) is 0 Å². The largest absolute Gasteiger partial charge is 0.294 e. The summed E-state index contributed by atoms with van der Waals surface area (Å²) in [5.41, 5.74) is 0.727. The van der Waals surface area contributed by atoms with Gasteiger partial charge >= 0.3 is 0 Å². The van der Waals surface area contributed by atoms with E-state index in [1.54, 1.807) is 18.5 Å². The van der Waals surface area contributed by atoms with Crippen molar-refractivity contribution in [3.05, 3.63) is 72.3 Å². The molecule has 1 heterocycles. The molecule has 19 heavy (non-hydrogen) atoms. The van der Waals surface area contributed by atoms with Gasteiger partial charge in [0, 0.05) is 18.0 Å². The van der Waals surface area contributed by atoms with Crippen LogP contribution in [0.1, 0.15) is 16.2 Å². The molecule has 92 valence electrons. The van der Waals surface area contributed by atoms with Crippen molar-refractivity contribution in [2.45, 2.75) is 6.42 Å². The van der Waals surface area contributed by atoms with Gasteiger partial charge in [-0.3, -0.25) is 4.79 Å². The summed E-state index contributed by atoms with van der Waals surface area (Å²) in [4.78, 5) is 20.5. The molecule has 0 saturated heterocycles. The fourth-order valence-corrected chi connectivity index (χ4v) is 2.13. The second kappa shape index (κ2) is 4.98. The zero-order valence-corrected chi connectivity index (χ0v) is 10.3. The number of ketones is 1. The zero-order chi connectivity index (χ0) is 13.1. The average molecular weight is 248 g/mol. The van der Waals surface area contributed by atoms with Crippen LogP contribution < -0.4 is 0 Å². The maximum atomic E-state index is 12.3. The van der Waals surface area contributed by atoms with Gasteiger partial charge in [-0.25, -0.2) is 9.97 Å². The molecule has 2 aromatic carbocycles. The number of benzene rings is 2. The van der Waals surface area contributed by atoms with E-state index in [9.17, 15) is 4.79 Å². The Morgan fingerprint density at radius 2 is 1.63 bits per heavy atom. The molecule has 0 fully saturated rings. The lowest BCUT2D eigenvalue weighted by atomic mass is 10.00. The molecule has 0 unspecified atom stereocenters. The third-order valence-corrected chi connectivity index (χ3v) is 3.03. The van der Waals surface area contributed by atoms with E-state index in [0.29, 0.717) is 5.82 Å². The summed E-state index contributed by atoms with van der Waals surface area (Å²) in [6.45, 7) is 0. The van der Waals surface area contributed by atoms with Gasteiger partial charge in [0.05, 0.1) is 6.42 Å². The molecule has 3 aromatic rings. The van der Waals surface area contributed by atoms with Crippen molar-refractivity contribution in [1.29, 1.82) is 0 Å². The van der Waals surface area contributed by atoms with Gasteiger partial charge in [-0.2, -0.15) is 0 Å². The number of carbonyl (C=O) groups is 1. The van der Waals surface area contributed by atoms with E-state index in [1.807, 2.05) is 42.5 Å². The number of hydrogen-bond acceptors (Lipinski definition) is 3. The van der Waals surface area contributed by atoms with Crippen molar-refractivity contribution in [2.75, 3.05) is 0 Å². The highest BCUT2D eigenvalue weighted by Gasteiger charge is 2.11. The van der Waals surface area contributed by atoms with Crippen LogP contribution in [0.4, 0.5) is 0 Å². The molecule has 0 aliphatic heterocycles. The van der Waals surface area contributed by atoms with Crippen LogP contribution in [0.3, 0.4) is 0 Å². The van der Waals surface area contributed by atoms with Crippen molar-refractivity contribution in [1.82, 2.24) is 9.97 Å². The Balaban J connectivity index is 1.98. The number of Topliss-reactive ketones (excluding diaryl/α,β-unsaturated/α-hetero) is 1. The van der Waals surface area contributed by atoms with Gasteiger partial charge in [0.2, 0.25) is 0 Å². The molecular formula is C16H12N2O. The number of hydrogen-bond donors (Lipinski definition) is 0. The van der Waals surface area contributed by atoms with E-state index < -0.39 is 0 Å². The van der Waals surface area contributed by atoms with Crippen LogP contribution in [-0.2, 0) is 6.42 Å². The highest BCUT2D eigenvalue weighted by Crippen LogP contribution is 2.19. The summed E-state index contributed by atoms with van der Waals surface area (Å²) in [6.07, 6.45) is 3.53. The molecule has 0 bridgehead atoms. The second-order valence-corrected chi connectivity index (χ2v) is 4.29. The summed E-state index contributed by atoms with van der Waals surface area (Å²) in [5, 5.41) is 2.05. The first-order chi connectivity index (χ1) is 9.34. The maximum absolute atomic E-state index is 12.3. The first-order valence-electron chi connectivity index (χ1n) is 6.11. The first kappa shape index (κ1) is 11.5. The third-order valence-electron chi connectivity index (χ3n) is 3.03. The second-order valence-electron chi connectivity index (χ2n) is 4.29. The molecule has 0 spiro atoms. The van der Waals surface area contributed by atoms with Crippen LogP contribution in [0.2, 0.25) is 0 Å². The van der Waals surface area contributed by atoms with Gasteiger partial charge in [0.25, 0.3) is 0 Å². The fraction of sp³-hybridized carbons (Fsp3) is 0.0625. The molecule has 1 aromatic heterocycles. The Labute approximate surface area is 111 Å². The van der Waals surface area contributed by atoms with Crippen molar-refractivity contribution >= 4 is 16.6 Å². The summed E-state index contributed by atoms with van der Waals surface area (Å²) in [7, 11) is 0. The summed E-state index contributed by atoms with van der Waals surface area (Å²) < 4.78 is 0. The Morgan fingerprint density at radius 1 is 0.895 bits per heavy atom. The lowest BCUT2D eigenvalue weighted by Crippen LogP contribution is -2.07. The first-order valence-corrected chi connectivity index (χ1v) is 6.11. The molecule has 0 atom stereocenters. The average Bonchev–Trinajstić information content (AvgIpc) is 2.47. The van der Waals surface area contributed by atoms with Gasteiger partial charge < -0.3 is 0 Å². The van der Waals surface area contributed by atoms with Gasteiger partial charge in [-0.1, -0.05) is 42.5 Å². The van der Waals surface area contributed by atoms with Crippen molar-refractivity contribution in [2.24, 2.45) is 0 Å². The number of carbonyl (C=O) groups excluding carboxylic acids is 1. The van der Waals surface area contributed by atoms with Crippen LogP contribution in [0.5, 0.6) is 0 Å². The lowest BCUT2D eigenvalue weighted by Gasteiger charge is -2.05. The van der Waals surface area contributed by atoms with Gasteiger partial charge in [-0.15, -0.1) is 0 Å². The van der Waals surface area contributed by atoms with Crippen LogP contribution in [-0.4, -0.2) is 15.8 Å². The van der Waals surface area contributed by atoms with Gasteiger partial charge in [0.1, 0.15) is 5.82 Å². The van der Waals surface area contributed by atoms with Crippen molar-refractivity contribution in [3.63, 3.8) is 0 Å².